The predicted octanol–water partition coefficient (Wildman–Crippen LogP) is 1.26. The molecule has 1 rings (SSSR count). The van der Waals surface area contributed by atoms with Gasteiger partial charge in [0.15, 0.2) is 0 Å². The van der Waals surface area contributed by atoms with Crippen LogP contribution in [0.5, 0.6) is 0 Å². The summed E-state index contributed by atoms with van der Waals surface area (Å²) in [6.45, 7) is 0.106. The average Bonchev–Trinajstić information content (AvgIpc) is 2.34. The highest BCUT2D eigenvalue weighted by atomic mass is 32.2. The van der Waals surface area contributed by atoms with E-state index in [1.165, 1.54) is 24.3 Å². The number of urea groups is 1. The van der Waals surface area contributed by atoms with Gasteiger partial charge in [-0.15, -0.1) is 0 Å². The largest absolute Gasteiger partial charge is 0.405 e. The predicted molar refractivity (Wildman–Crippen MR) is 68.8 cm³/mol. The van der Waals surface area contributed by atoms with Gasteiger partial charge in [0.2, 0.25) is 10.0 Å². The van der Waals surface area contributed by atoms with Gasteiger partial charge in [-0.25, -0.2) is 18.4 Å². The number of nitrogens with one attached hydrogen (secondary N) is 2. The third-order valence-corrected chi connectivity index (χ3v) is 3.43. The van der Waals surface area contributed by atoms with Gasteiger partial charge >= 0.3 is 12.2 Å². The van der Waals surface area contributed by atoms with Gasteiger partial charge in [-0.3, -0.25) is 0 Å². The van der Waals surface area contributed by atoms with E-state index in [0.29, 0.717) is 5.56 Å². The summed E-state index contributed by atoms with van der Waals surface area (Å²) in [6.07, 6.45) is -4.49. The van der Waals surface area contributed by atoms with Gasteiger partial charge < -0.3 is 10.6 Å². The van der Waals surface area contributed by atoms with Crippen LogP contribution in [0.3, 0.4) is 0 Å². The topological polar surface area (TPSA) is 101 Å². The van der Waals surface area contributed by atoms with E-state index < -0.39 is 34.8 Å². The van der Waals surface area contributed by atoms with Crippen LogP contribution in [0.1, 0.15) is 18.5 Å². The number of amides is 2. The summed E-state index contributed by atoms with van der Waals surface area (Å²) in [7, 11) is -3.82. The van der Waals surface area contributed by atoms with Crippen molar-refractivity contribution in [1.29, 1.82) is 0 Å². The number of carbonyl (C=O) groups is 1. The number of rotatable bonds is 4. The first-order valence-electron chi connectivity index (χ1n) is 5.73. The van der Waals surface area contributed by atoms with Crippen molar-refractivity contribution in [3.8, 4) is 0 Å². The van der Waals surface area contributed by atoms with Crippen molar-refractivity contribution in [3.63, 3.8) is 0 Å². The fourth-order valence-corrected chi connectivity index (χ4v) is 1.97. The molecule has 0 bridgehead atoms. The second kappa shape index (κ2) is 6.31. The lowest BCUT2D eigenvalue weighted by Crippen LogP contribution is -2.41. The number of hydrogen-bond donors (Lipinski definition) is 3. The summed E-state index contributed by atoms with van der Waals surface area (Å²) < 4.78 is 57.9. The molecule has 0 aliphatic heterocycles. The Morgan fingerprint density at radius 2 is 1.81 bits per heavy atom. The highest BCUT2D eigenvalue weighted by molar-refractivity contribution is 7.89. The number of hydrogen-bond acceptors (Lipinski definition) is 3. The molecule has 1 aromatic rings. The van der Waals surface area contributed by atoms with Crippen molar-refractivity contribution in [1.82, 2.24) is 10.6 Å². The van der Waals surface area contributed by atoms with Crippen LogP contribution in [0.2, 0.25) is 0 Å². The van der Waals surface area contributed by atoms with Crippen LogP contribution in [0, 0.1) is 0 Å². The number of nitrogens with two attached hydrogens (primary N) is 1. The molecule has 0 saturated heterocycles. The summed E-state index contributed by atoms with van der Waals surface area (Å²) in [4.78, 5) is 11.2. The maximum atomic E-state index is 11.9. The Labute approximate surface area is 119 Å². The Kier molecular flexibility index (Phi) is 5.18. The molecule has 0 unspecified atom stereocenters. The molecule has 0 aromatic heterocycles. The van der Waals surface area contributed by atoms with E-state index in [-0.39, 0.29) is 4.90 Å². The Morgan fingerprint density at radius 1 is 1.29 bits per heavy atom. The van der Waals surface area contributed by atoms with Gasteiger partial charge in [-0.1, -0.05) is 12.1 Å². The number of carbonyl (C=O) groups excluding carboxylic acids is 1. The van der Waals surface area contributed by atoms with Crippen LogP contribution in [0.4, 0.5) is 18.0 Å². The molecule has 0 spiro atoms. The number of primary sulfonamides is 1. The maximum Gasteiger partial charge on any atom is 0.405 e. The first kappa shape index (κ1) is 17.2. The van der Waals surface area contributed by atoms with E-state index in [4.69, 9.17) is 5.14 Å². The fraction of sp³-hybridized carbons (Fsp3) is 0.364. The zero-order chi connectivity index (χ0) is 16.3. The SMILES string of the molecule is C[C@@H](NC(=O)NCC(F)(F)F)c1ccc(S(N)(=O)=O)cc1. The van der Waals surface area contributed by atoms with Crippen LogP contribution in [0.25, 0.3) is 0 Å². The molecular weight excluding hydrogens is 311 g/mol. The van der Waals surface area contributed by atoms with Crippen molar-refractivity contribution in [3.05, 3.63) is 29.8 Å². The molecule has 21 heavy (non-hydrogen) atoms. The maximum absolute atomic E-state index is 11.9. The zero-order valence-corrected chi connectivity index (χ0v) is 11.8. The molecular formula is C11H14F3N3O3S. The second-order valence-corrected chi connectivity index (χ2v) is 5.84. The molecule has 0 radical (unpaired) electrons. The first-order chi connectivity index (χ1) is 9.49. The van der Waals surface area contributed by atoms with Crippen LogP contribution in [-0.2, 0) is 10.0 Å². The van der Waals surface area contributed by atoms with Gasteiger partial charge in [-0.2, -0.15) is 13.2 Å². The van der Waals surface area contributed by atoms with Gasteiger partial charge in [0, 0.05) is 0 Å². The standard InChI is InChI=1S/C11H14F3N3O3S/c1-7(17-10(18)16-6-11(12,13)14)8-2-4-9(5-3-8)21(15,19)20/h2-5,7H,6H2,1H3,(H2,15,19,20)(H2,16,17,18)/t7-/m1/s1. The molecule has 4 N–H and O–H groups in total. The van der Waals surface area contributed by atoms with Crippen LogP contribution < -0.4 is 15.8 Å². The molecule has 0 aliphatic rings. The van der Waals surface area contributed by atoms with Gasteiger partial charge in [0.1, 0.15) is 6.54 Å². The lowest BCUT2D eigenvalue weighted by Gasteiger charge is -2.16. The molecule has 0 saturated carbocycles. The highest BCUT2D eigenvalue weighted by Crippen LogP contribution is 2.16. The van der Waals surface area contributed by atoms with Crippen LogP contribution in [0.15, 0.2) is 29.2 Å². The summed E-state index contributed by atoms with van der Waals surface area (Å²) >= 11 is 0. The van der Waals surface area contributed by atoms with E-state index in [1.54, 1.807) is 12.2 Å². The van der Waals surface area contributed by atoms with Gasteiger partial charge in [0.05, 0.1) is 10.9 Å². The van der Waals surface area contributed by atoms with Crippen molar-refractivity contribution in [2.45, 2.75) is 24.0 Å². The highest BCUT2D eigenvalue weighted by Gasteiger charge is 2.27. The monoisotopic (exact) mass is 325 g/mol. The molecule has 6 nitrogen and oxygen atoms in total. The summed E-state index contributed by atoms with van der Waals surface area (Å²) in [5.74, 6) is 0. The minimum Gasteiger partial charge on any atom is -0.332 e. The number of sulfonamides is 1. The van der Waals surface area contributed by atoms with E-state index in [0.717, 1.165) is 0 Å². The Balaban J connectivity index is 2.64. The summed E-state index contributed by atoms with van der Waals surface area (Å²) in [5, 5.41) is 8.89. The molecule has 10 heteroatoms. The van der Waals surface area contributed by atoms with Crippen molar-refractivity contribution >= 4 is 16.1 Å². The van der Waals surface area contributed by atoms with Gasteiger partial charge in [0.25, 0.3) is 0 Å². The molecule has 2 amide bonds. The fourth-order valence-electron chi connectivity index (χ4n) is 1.46. The number of alkyl halides is 3. The Bertz CT molecular complexity index is 599. The normalized spacial score (nSPS) is 13.6. The minimum atomic E-state index is -4.49. The third kappa shape index (κ3) is 6.00. The van der Waals surface area contributed by atoms with Gasteiger partial charge in [-0.05, 0) is 24.6 Å². The minimum absolute atomic E-state index is 0.0972. The Morgan fingerprint density at radius 3 is 2.24 bits per heavy atom. The lowest BCUT2D eigenvalue weighted by molar-refractivity contribution is -0.122. The molecule has 0 fully saturated rings. The molecule has 0 aliphatic carbocycles. The smallest absolute Gasteiger partial charge is 0.332 e. The summed E-state index contributed by atoms with van der Waals surface area (Å²) in [5.41, 5.74) is 0.518. The number of benzene rings is 1. The van der Waals surface area contributed by atoms with Crippen LogP contribution >= 0.6 is 0 Å². The van der Waals surface area contributed by atoms with Crippen molar-refractivity contribution in [2.75, 3.05) is 6.54 Å². The quantitative estimate of drug-likeness (QED) is 0.776. The van der Waals surface area contributed by atoms with E-state index in [2.05, 4.69) is 5.32 Å². The molecule has 1 aromatic carbocycles. The molecule has 118 valence electrons. The average molecular weight is 325 g/mol. The van der Waals surface area contributed by atoms with Crippen molar-refractivity contribution in [2.24, 2.45) is 5.14 Å². The second-order valence-electron chi connectivity index (χ2n) is 4.28. The number of halogens is 3. The van der Waals surface area contributed by atoms with E-state index in [9.17, 15) is 26.4 Å². The first-order valence-corrected chi connectivity index (χ1v) is 7.27. The zero-order valence-electron chi connectivity index (χ0n) is 10.9. The lowest BCUT2D eigenvalue weighted by atomic mass is 10.1. The molecule has 1 atom stereocenters. The van der Waals surface area contributed by atoms with E-state index >= 15 is 0 Å². The Hall–Kier alpha value is -1.81. The van der Waals surface area contributed by atoms with Crippen molar-refractivity contribution < 1.29 is 26.4 Å². The third-order valence-electron chi connectivity index (χ3n) is 2.51. The summed E-state index contributed by atoms with van der Waals surface area (Å²) in [6, 6.07) is 3.73. The van der Waals surface area contributed by atoms with Crippen LogP contribution in [-0.4, -0.2) is 27.2 Å². The molecule has 0 heterocycles. The van der Waals surface area contributed by atoms with E-state index in [1.807, 2.05) is 0 Å².